The molecule has 3 unspecified atom stereocenters. The van der Waals surface area contributed by atoms with Gasteiger partial charge in [0, 0.05) is 0 Å². The molecule has 0 fully saturated rings. The molecule has 0 bridgehead atoms. The largest absolute Gasteiger partial charge is 0.393 e. The van der Waals surface area contributed by atoms with Gasteiger partial charge in [0.25, 0.3) is 0 Å². The summed E-state index contributed by atoms with van der Waals surface area (Å²) >= 11 is 0. The third kappa shape index (κ3) is 6.77. The second-order valence-corrected chi connectivity index (χ2v) is 3.93. The summed E-state index contributed by atoms with van der Waals surface area (Å²) in [6, 6.07) is 0. The van der Waals surface area contributed by atoms with E-state index >= 15 is 0 Å². The van der Waals surface area contributed by atoms with Gasteiger partial charge in [0.15, 0.2) is 0 Å². The molecule has 3 atom stereocenters. The minimum atomic E-state index is -0.133. The number of aliphatic hydroxyl groups is 1. The van der Waals surface area contributed by atoms with Crippen LogP contribution in [0.2, 0.25) is 0 Å². The van der Waals surface area contributed by atoms with Gasteiger partial charge in [-0.1, -0.05) is 19.8 Å². The molecule has 1 nitrogen and oxygen atoms in total. The predicted molar refractivity (Wildman–Crippen MR) is 53.9 cm³/mol. The van der Waals surface area contributed by atoms with Crippen LogP contribution in [0.5, 0.6) is 0 Å². The SMILES string of the molecule is CC(O)C(C)CCCCCP. The molecule has 2 heteroatoms. The van der Waals surface area contributed by atoms with Gasteiger partial charge in [-0.15, -0.1) is 9.24 Å². The average Bonchev–Trinajstić information content (AvgIpc) is 1.97. The van der Waals surface area contributed by atoms with Crippen LogP contribution < -0.4 is 0 Å². The molecule has 0 spiro atoms. The molecule has 0 aliphatic carbocycles. The van der Waals surface area contributed by atoms with Crippen molar-refractivity contribution in [2.24, 2.45) is 5.92 Å². The molecule has 0 aliphatic heterocycles. The molecular formula is C9H21OP. The van der Waals surface area contributed by atoms with Gasteiger partial charge in [0.1, 0.15) is 0 Å². The molecule has 0 rings (SSSR count). The van der Waals surface area contributed by atoms with Crippen LogP contribution in [-0.4, -0.2) is 17.4 Å². The lowest BCUT2D eigenvalue weighted by molar-refractivity contribution is 0.128. The van der Waals surface area contributed by atoms with Gasteiger partial charge >= 0.3 is 0 Å². The smallest absolute Gasteiger partial charge is 0.0537 e. The lowest BCUT2D eigenvalue weighted by atomic mass is 9.99. The lowest BCUT2D eigenvalue weighted by Gasteiger charge is -2.13. The number of hydrogen-bond donors (Lipinski definition) is 1. The van der Waals surface area contributed by atoms with E-state index < -0.39 is 0 Å². The Morgan fingerprint density at radius 1 is 1.18 bits per heavy atom. The molecule has 0 aromatic carbocycles. The first kappa shape index (κ1) is 11.4. The van der Waals surface area contributed by atoms with E-state index in [-0.39, 0.29) is 6.10 Å². The van der Waals surface area contributed by atoms with E-state index in [2.05, 4.69) is 16.2 Å². The summed E-state index contributed by atoms with van der Waals surface area (Å²) in [7, 11) is 2.74. The third-order valence-corrected chi connectivity index (χ3v) is 2.60. The first-order chi connectivity index (χ1) is 5.18. The summed E-state index contributed by atoms with van der Waals surface area (Å²) in [5.41, 5.74) is 0. The van der Waals surface area contributed by atoms with Crippen LogP contribution in [0.15, 0.2) is 0 Å². The maximum absolute atomic E-state index is 9.17. The summed E-state index contributed by atoms with van der Waals surface area (Å²) in [6.07, 6.45) is 6.12. The fraction of sp³-hybridized carbons (Fsp3) is 1.00. The van der Waals surface area contributed by atoms with Crippen LogP contribution in [0.25, 0.3) is 0 Å². The number of unbranched alkanes of at least 4 members (excludes halogenated alkanes) is 2. The van der Waals surface area contributed by atoms with Crippen molar-refractivity contribution in [2.45, 2.75) is 45.6 Å². The second kappa shape index (κ2) is 7.06. The van der Waals surface area contributed by atoms with Crippen molar-refractivity contribution in [3.63, 3.8) is 0 Å². The van der Waals surface area contributed by atoms with Gasteiger partial charge in [-0.2, -0.15) is 0 Å². The van der Waals surface area contributed by atoms with Crippen molar-refractivity contribution in [1.82, 2.24) is 0 Å². The Labute approximate surface area is 72.8 Å². The molecule has 0 radical (unpaired) electrons. The third-order valence-electron chi connectivity index (χ3n) is 2.19. The topological polar surface area (TPSA) is 20.2 Å². The average molecular weight is 176 g/mol. The Morgan fingerprint density at radius 3 is 2.27 bits per heavy atom. The van der Waals surface area contributed by atoms with Crippen molar-refractivity contribution >= 4 is 9.24 Å². The Morgan fingerprint density at radius 2 is 1.82 bits per heavy atom. The highest BCUT2D eigenvalue weighted by Crippen LogP contribution is 2.13. The standard InChI is InChI=1S/C9H21OP/c1-8(9(2)10)6-4-3-5-7-11/h8-10H,3-7,11H2,1-2H3. The zero-order chi connectivity index (χ0) is 8.69. The maximum Gasteiger partial charge on any atom is 0.0537 e. The first-order valence-corrected chi connectivity index (χ1v) is 5.38. The summed E-state index contributed by atoms with van der Waals surface area (Å²) in [5.74, 6) is 0.472. The molecular weight excluding hydrogens is 155 g/mol. The fourth-order valence-electron chi connectivity index (χ4n) is 1.03. The molecule has 0 saturated heterocycles. The van der Waals surface area contributed by atoms with E-state index in [1.807, 2.05) is 6.92 Å². The minimum absolute atomic E-state index is 0.133. The lowest BCUT2D eigenvalue weighted by Crippen LogP contribution is -2.12. The zero-order valence-electron chi connectivity index (χ0n) is 7.71. The molecule has 0 amide bonds. The second-order valence-electron chi connectivity index (χ2n) is 3.36. The van der Waals surface area contributed by atoms with Crippen molar-refractivity contribution in [3.05, 3.63) is 0 Å². The molecule has 11 heavy (non-hydrogen) atoms. The number of rotatable bonds is 6. The van der Waals surface area contributed by atoms with Crippen LogP contribution >= 0.6 is 9.24 Å². The Balaban J connectivity index is 3.10. The van der Waals surface area contributed by atoms with E-state index in [1.54, 1.807) is 0 Å². The monoisotopic (exact) mass is 176 g/mol. The van der Waals surface area contributed by atoms with Gasteiger partial charge in [-0.05, 0) is 31.8 Å². The molecule has 0 heterocycles. The van der Waals surface area contributed by atoms with Gasteiger partial charge in [0.05, 0.1) is 6.10 Å². The van der Waals surface area contributed by atoms with Gasteiger partial charge < -0.3 is 5.11 Å². The highest BCUT2D eigenvalue weighted by Gasteiger charge is 2.06. The summed E-state index contributed by atoms with van der Waals surface area (Å²) < 4.78 is 0. The Hall–Kier alpha value is 0.390. The van der Waals surface area contributed by atoms with E-state index in [9.17, 15) is 5.11 Å². The quantitative estimate of drug-likeness (QED) is 0.487. The zero-order valence-corrected chi connectivity index (χ0v) is 8.87. The summed E-state index contributed by atoms with van der Waals surface area (Å²) in [5, 5.41) is 9.17. The van der Waals surface area contributed by atoms with E-state index in [4.69, 9.17) is 0 Å². The molecule has 0 aromatic heterocycles. The van der Waals surface area contributed by atoms with Crippen molar-refractivity contribution in [2.75, 3.05) is 6.16 Å². The molecule has 68 valence electrons. The highest BCUT2D eigenvalue weighted by molar-refractivity contribution is 7.16. The van der Waals surface area contributed by atoms with Crippen molar-refractivity contribution in [3.8, 4) is 0 Å². The number of hydrogen-bond acceptors (Lipinski definition) is 1. The maximum atomic E-state index is 9.17. The van der Waals surface area contributed by atoms with E-state index in [0.717, 1.165) is 0 Å². The van der Waals surface area contributed by atoms with Crippen LogP contribution in [-0.2, 0) is 0 Å². The summed E-state index contributed by atoms with van der Waals surface area (Å²) in [6.45, 7) is 3.99. The minimum Gasteiger partial charge on any atom is -0.393 e. The van der Waals surface area contributed by atoms with Gasteiger partial charge in [-0.25, -0.2) is 0 Å². The van der Waals surface area contributed by atoms with Gasteiger partial charge in [-0.3, -0.25) is 0 Å². The summed E-state index contributed by atoms with van der Waals surface area (Å²) in [4.78, 5) is 0. The van der Waals surface area contributed by atoms with Crippen LogP contribution in [0.3, 0.4) is 0 Å². The van der Waals surface area contributed by atoms with Crippen molar-refractivity contribution < 1.29 is 5.11 Å². The normalized spacial score (nSPS) is 16.4. The predicted octanol–water partition coefficient (Wildman–Crippen LogP) is 2.44. The molecule has 0 saturated carbocycles. The van der Waals surface area contributed by atoms with E-state index in [1.165, 1.54) is 31.8 Å². The highest BCUT2D eigenvalue weighted by atomic mass is 31.0. The first-order valence-electron chi connectivity index (χ1n) is 4.56. The Bertz CT molecular complexity index is 83.6. The number of aliphatic hydroxyl groups excluding tert-OH is 1. The van der Waals surface area contributed by atoms with E-state index in [0.29, 0.717) is 5.92 Å². The molecule has 0 aliphatic rings. The van der Waals surface area contributed by atoms with Crippen LogP contribution in [0.4, 0.5) is 0 Å². The Kier molecular flexibility index (Phi) is 7.31. The van der Waals surface area contributed by atoms with Gasteiger partial charge in [0.2, 0.25) is 0 Å². The van der Waals surface area contributed by atoms with Crippen molar-refractivity contribution in [1.29, 1.82) is 0 Å². The van der Waals surface area contributed by atoms with Crippen LogP contribution in [0, 0.1) is 5.92 Å². The fourth-order valence-corrected chi connectivity index (χ4v) is 1.32. The molecule has 0 aromatic rings. The van der Waals surface area contributed by atoms with Crippen LogP contribution in [0.1, 0.15) is 39.5 Å². The molecule has 1 N–H and O–H groups in total.